The molecule has 0 fully saturated rings. The molecule has 0 saturated carbocycles. The fourth-order valence-corrected chi connectivity index (χ4v) is 1.02. The van der Waals surface area contributed by atoms with Crippen LogP contribution in [0.5, 0.6) is 0 Å². The van der Waals surface area contributed by atoms with Gasteiger partial charge in [-0.2, -0.15) is 4.90 Å². The van der Waals surface area contributed by atoms with Gasteiger partial charge in [-0.3, -0.25) is 20.2 Å². The van der Waals surface area contributed by atoms with Gasteiger partial charge in [0, 0.05) is 0 Å². The molecule has 68 valence electrons. The number of nitro groups is 2. The van der Waals surface area contributed by atoms with Gasteiger partial charge in [0.15, 0.2) is 0 Å². The molecule has 1 aromatic rings. The van der Waals surface area contributed by atoms with E-state index in [1.165, 1.54) is 0 Å². The van der Waals surface area contributed by atoms with E-state index in [0.29, 0.717) is 0 Å². The number of nitro benzene ring substituents is 2. The van der Waals surface area contributed by atoms with Gasteiger partial charge in [-0.1, -0.05) is 0 Å². The number of rotatable bonds is 2. The third-order valence-corrected chi connectivity index (χ3v) is 1.53. The van der Waals surface area contributed by atoms with E-state index in [2.05, 4.69) is 12.6 Å². The second kappa shape index (κ2) is 3.31. The van der Waals surface area contributed by atoms with E-state index >= 15 is 0 Å². The standard InChI is InChI=1S/C6H4N2O4S/c9-7(10)4-1-5(8(11)12)3-6(13)2-4/h1-3,13H/p-1. The SMILES string of the molecule is O=[N+]([O-])c1cc([S-])cc([N+](=O)[O-])c1. The van der Waals surface area contributed by atoms with Crippen LogP contribution in [0, 0.1) is 20.2 Å². The van der Waals surface area contributed by atoms with E-state index in [9.17, 15) is 20.2 Å². The third-order valence-electron chi connectivity index (χ3n) is 1.30. The predicted octanol–water partition coefficient (Wildman–Crippen LogP) is 1.41. The summed E-state index contributed by atoms with van der Waals surface area (Å²) in [6, 6.07) is 3.07. The van der Waals surface area contributed by atoms with E-state index in [0.717, 1.165) is 18.2 Å². The summed E-state index contributed by atoms with van der Waals surface area (Å²) in [4.78, 5) is 19.2. The lowest BCUT2D eigenvalue weighted by Crippen LogP contribution is -1.93. The maximum Gasteiger partial charge on any atom is 0.274 e. The molecular weight excluding hydrogens is 196 g/mol. The van der Waals surface area contributed by atoms with Gasteiger partial charge >= 0.3 is 0 Å². The van der Waals surface area contributed by atoms with Gasteiger partial charge in [0.05, 0.1) is 15.9 Å². The van der Waals surface area contributed by atoms with Crippen molar-refractivity contribution in [1.82, 2.24) is 0 Å². The Bertz CT molecular complexity index is 347. The van der Waals surface area contributed by atoms with Gasteiger partial charge in [-0.15, -0.1) is 0 Å². The Morgan fingerprint density at radius 2 is 1.38 bits per heavy atom. The molecule has 13 heavy (non-hydrogen) atoms. The summed E-state index contributed by atoms with van der Waals surface area (Å²) in [7, 11) is 0. The average Bonchev–Trinajstić information content (AvgIpc) is 2.03. The summed E-state index contributed by atoms with van der Waals surface area (Å²) in [5.74, 6) is 0. The number of benzene rings is 1. The molecule has 0 spiro atoms. The molecule has 0 aliphatic carbocycles. The lowest BCUT2D eigenvalue weighted by Gasteiger charge is -2.03. The molecule has 1 aromatic carbocycles. The Labute approximate surface area is 77.9 Å². The predicted molar refractivity (Wildman–Crippen MR) is 45.4 cm³/mol. The molecule has 0 bridgehead atoms. The second-order valence-electron chi connectivity index (χ2n) is 2.20. The van der Waals surface area contributed by atoms with E-state index in [1.54, 1.807) is 0 Å². The van der Waals surface area contributed by atoms with Crippen LogP contribution in [0.3, 0.4) is 0 Å². The molecule has 0 aliphatic heterocycles. The summed E-state index contributed by atoms with van der Waals surface area (Å²) >= 11 is 4.62. The highest BCUT2D eigenvalue weighted by Crippen LogP contribution is 2.21. The van der Waals surface area contributed by atoms with Gasteiger partial charge in [-0.25, -0.2) is 0 Å². The molecule has 0 amide bonds. The Balaban J connectivity index is 3.26. The summed E-state index contributed by atoms with van der Waals surface area (Å²) in [5.41, 5.74) is -0.724. The molecule has 0 atom stereocenters. The first-order chi connectivity index (χ1) is 6.00. The first-order valence-corrected chi connectivity index (χ1v) is 3.52. The summed E-state index contributed by atoms with van der Waals surface area (Å²) < 4.78 is 0. The van der Waals surface area contributed by atoms with Crippen LogP contribution >= 0.6 is 0 Å². The zero-order chi connectivity index (χ0) is 10.0. The minimum atomic E-state index is -0.719. The normalized spacial score (nSPS) is 9.54. The number of non-ortho nitro benzene ring substituents is 2. The van der Waals surface area contributed by atoms with Crippen LogP contribution in [-0.2, 0) is 12.6 Å². The van der Waals surface area contributed by atoms with Crippen molar-refractivity contribution in [3.8, 4) is 0 Å². The molecule has 1 rings (SSSR count). The quantitative estimate of drug-likeness (QED) is 0.408. The van der Waals surface area contributed by atoms with Gasteiger partial charge in [0.1, 0.15) is 0 Å². The van der Waals surface area contributed by atoms with Crippen molar-refractivity contribution >= 4 is 24.0 Å². The highest BCUT2D eigenvalue weighted by atomic mass is 32.1. The third kappa shape index (κ3) is 2.09. The average molecular weight is 199 g/mol. The largest absolute Gasteiger partial charge is 0.779 e. The lowest BCUT2D eigenvalue weighted by atomic mass is 10.3. The van der Waals surface area contributed by atoms with Crippen LogP contribution in [0.1, 0.15) is 0 Å². The first-order valence-electron chi connectivity index (χ1n) is 3.11. The monoisotopic (exact) mass is 199 g/mol. The molecule has 0 aliphatic rings. The van der Waals surface area contributed by atoms with Crippen molar-refractivity contribution in [3.05, 3.63) is 38.4 Å². The minimum Gasteiger partial charge on any atom is -0.779 e. The lowest BCUT2D eigenvalue weighted by molar-refractivity contribution is -0.394. The van der Waals surface area contributed by atoms with Crippen molar-refractivity contribution in [3.63, 3.8) is 0 Å². The van der Waals surface area contributed by atoms with Crippen LogP contribution in [-0.4, -0.2) is 9.85 Å². The molecule has 6 nitrogen and oxygen atoms in total. The molecule has 0 radical (unpaired) electrons. The van der Waals surface area contributed by atoms with Gasteiger partial charge in [0.2, 0.25) is 0 Å². The molecule has 0 N–H and O–H groups in total. The number of nitrogens with zero attached hydrogens (tertiary/aromatic N) is 2. The van der Waals surface area contributed by atoms with Gasteiger partial charge in [-0.05, 0) is 12.1 Å². The second-order valence-corrected chi connectivity index (χ2v) is 2.67. The fraction of sp³-hybridized carbons (Fsp3) is 0. The molecule has 7 heteroatoms. The molecule has 0 unspecified atom stereocenters. The number of hydrogen-bond acceptors (Lipinski definition) is 5. The smallest absolute Gasteiger partial charge is 0.274 e. The molecule has 0 heterocycles. The van der Waals surface area contributed by atoms with Crippen LogP contribution in [0.25, 0.3) is 0 Å². The van der Waals surface area contributed by atoms with Crippen LogP contribution in [0.2, 0.25) is 0 Å². The molecule has 0 aromatic heterocycles. The highest BCUT2D eigenvalue weighted by Gasteiger charge is 2.12. The Hall–Kier alpha value is -1.76. The van der Waals surface area contributed by atoms with E-state index in [1.807, 2.05) is 0 Å². The van der Waals surface area contributed by atoms with Crippen molar-refractivity contribution < 1.29 is 9.85 Å². The van der Waals surface area contributed by atoms with Crippen molar-refractivity contribution in [2.45, 2.75) is 4.90 Å². The fourth-order valence-electron chi connectivity index (χ4n) is 0.779. The van der Waals surface area contributed by atoms with Crippen LogP contribution in [0.15, 0.2) is 23.1 Å². The van der Waals surface area contributed by atoms with Crippen LogP contribution in [0.4, 0.5) is 11.4 Å². The van der Waals surface area contributed by atoms with E-state index in [-0.39, 0.29) is 16.3 Å². The summed E-state index contributed by atoms with van der Waals surface area (Å²) in [5, 5.41) is 20.5. The summed E-state index contributed by atoms with van der Waals surface area (Å²) in [6.45, 7) is 0. The van der Waals surface area contributed by atoms with Gasteiger partial charge < -0.3 is 12.6 Å². The topological polar surface area (TPSA) is 86.3 Å². The van der Waals surface area contributed by atoms with Gasteiger partial charge in [0.25, 0.3) is 11.4 Å². The first kappa shape index (κ1) is 9.33. The van der Waals surface area contributed by atoms with Crippen molar-refractivity contribution in [1.29, 1.82) is 0 Å². The number of hydrogen-bond donors (Lipinski definition) is 0. The Kier molecular flexibility index (Phi) is 2.38. The highest BCUT2D eigenvalue weighted by molar-refractivity contribution is 7.58. The van der Waals surface area contributed by atoms with E-state index < -0.39 is 9.85 Å². The zero-order valence-corrected chi connectivity index (χ0v) is 6.98. The zero-order valence-electron chi connectivity index (χ0n) is 6.17. The van der Waals surface area contributed by atoms with Crippen molar-refractivity contribution in [2.75, 3.05) is 0 Å². The van der Waals surface area contributed by atoms with Crippen molar-refractivity contribution in [2.24, 2.45) is 0 Å². The van der Waals surface area contributed by atoms with E-state index in [4.69, 9.17) is 0 Å². The Morgan fingerprint density at radius 3 is 1.69 bits per heavy atom. The maximum absolute atomic E-state index is 10.3. The maximum atomic E-state index is 10.3. The summed E-state index contributed by atoms with van der Waals surface area (Å²) in [6.07, 6.45) is 0. The van der Waals surface area contributed by atoms with Crippen LogP contribution < -0.4 is 0 Å². The Morgan fingerprint density at radius 1 is 1.00 bits per heavy atom. The molecular formula is C6H3N2O4S-. The molecule has 0 saturated heterocycles. The minimum absolute atomic E-state index is 0.0842.